The van der Waals surface area contributed by atoms with Crippen LogP contribution >= 0.6 is 7.82 Å². The molecule has 9 nitrogen and oxygen atoms in total. The summed E-state index contributed by atoms with van der Waals surface area (Å²) in [6.07, 6.45) is 39.4. The van der Waals surface area contributed by atoms with Crippen molar-refractivity contribution in [2.75, 3.05) is 47.5 Å². The second-order valence-electron chi connectivity index (χ2n) is 14.8. The zero-order valence-electron chi connectivity index (χ0n) is 33.8. The Labute approximate surface area is 318 Å². The Balaban J connectivity index is 4.61. The van der Waals surface area contributed by atoms with E-state index in [9.17, 15) is 19.0 Å². The highest BCUT2D eigenvalue weighted by Gasteiger charge is 2.26. The van der Waals surface area contributed by atoms with Gasteiger partial charge < -0.3 is 18.9 Å². The molecule has 0 heterocycles. The van der Waals surface area contributed by atoms with Gasteiger partial charge in [0.15, 0.2) is 6.10 Å². The summed E-state index contributed by atoms with van der Waals surface area (Å²) >= 11 is 0. The average molecular weight is 755 g/mol. The van der Waals surface area contributed by atoms with E-state index in [1.54, 1.807) is 12.2 Å². The number of allylic oxidation sites excluding steroid dienone is 7. The molecule has 1 unspecified atom stereocenters. The molecule has 2 atom stereocenters. The normalized spacial score (nSPS) is 14.2. The van der Waals surface area contributed by atoms with Crippen LogP contribution in [0, 0.1) is 0 Å². The molecule has 0 aliphatic rings. The van der Waals surface area contributed by atoms with Gasteiger partial charge in [-0.15, -0.1) is 0 Å². The maximum Gasteiger partial charge on any atom is 0.472 e. The van der Waals surface area contributed by atoms with E-state index in [-0.39, 0.29) is 19.6 Å². The summed E-state index contributed by atoms with van der Waals surface area (Å²) in [6, 6.07) is 0. The number of ether oxygens (including phenoxy) is 2. The molecular weight excluding hydrogens is 677 g/mol. The highest BCUT2D eigenvalue weighted by atomic mass is 31.2. The second kappa shape index (κ2) is 34.7. The van der Waals surface area contributed by atoms with Crippen molar-refractivity contribution in [1.82, 2.24) is 0 Å². The van der Waals surface area contributed by atoms with E-state index >= 15 is 0 Å². The summed E-state index contributed by atoms with van der Waals surface area (Å²) in [6.45, 7) is 4.23. The van der Waals surface area contributed by atoms with Crippen molar-refractivity contribution in [3.8, 4) is 0 Å². The number of carbonyl (C=O) groups is 2. The number of quaternary nitrogens is 1. The minimum absolute atomic E-state index is 0.00828. The third-order valence-corrected chi connectivity index (χ3v) is 9.52. The fourth-order valence-electron chi connectivity index (χ4n) is 5.29. The van der Waals surface area contributed by atoms with Crippen molar-refractivity contribution >= 4 is 19.8 Å². The molecule has 0 rings (SSSR count). The molecule has 0 saturated heterocycles. The summed E-state index contributed by atoms with van der Waals surface area (Å²) in [4.78, 5) is 35.1. The summed E-state index contributed by atoms with van der Waals surface area (Å²) in [7, 11) is 1.40. The molecule has 0 spiro atoms. The van der Waals surface area contributed by atoms with Gasteiger partial charge in [0.05, 0.1) is 27.7 Å². The lowest BCUT2D eigenvalue weighted by Crippen LogP contribution is -2.37. The van der Waals surface area contributed by atoms with Gasteiger partial charge in [-0.1, -0.05) is 172 Å². The molecule has 0 aromatic rings. The van der Waals surface area contributed by atoms with Crippen LogP contribution < -0.4 is 0 Å². The Morgan fingerprint density at radius 3 is 1.65 bits per heavy atom. The van der Waals surface area contributed by atoms with Crippen molar-refractivity contribution in [3.63, 3.8) is 0 Å². The molecule has 0 aliphatic heterocycles. The molecule has 0 saturated carbocycles. The van der Waals surface area contributed by atoms with E-state index in [1.165, 1.54) is 121 Å². The zero-order valence-corrected chi connectivity index (χ0v) is 34.7. The number of phosphoric ester groups is 1. The van der Waals surface area contributed by atoms with Crippen LogP contribution in [0.5, 0.6) is 0 Å². The van der Waals surface area contributed by atoms with Crippen molar-refractivity contribution in [2.45, 2.75) is 161 Å². The lowest BCUT2D eigenvalue weighted by Gasteiger charge is -2.24. The number of hydrogen-bond donors (Lipinski definition) is 1. The highest BCUT2D eigenvalue weighted by molar-refractivity contribution is 7.47. The molecule has 0 amide bonds. The van der Waals surface area contributed by atoms with E-state index in [1.807, 2.05) is 39.4 Å². The van der Waals surface area contributed by atoms with Crippen molar-refractivity contribution in [3.05, 3.63) is 48.6 Å². The largest absolute Gasteiger partial charge is 0.472 e. The number of carbonyl (C=O) groups excluding carboxylic acids is 2. The van der Waals surface area contributed by atoms with Crippen LogP contribution in [0.2, 0.25) is 0 Å². The minimum Gasteiger partial charge on any atom is -0.462 e. The topological polar surface area (TPSA) is 108 Å². The SMILES string of the molecule is CCCCCCCCC/C=C/C=C/C=CC=CC(=O)O[C@H](COC(=O)CCCCCCCCCCCCCCC)COP(=O)(O)OCC[N+](C)(C)C. The number of hydrogen-bond acceptors (Lipinski definition) is 7. The van der Waals surface area contributed by atoms with Crippen molar-refractivity contribution < 1.29 is 42.1 Å². The van der Waals surface area contributed by atoms with Gasteiger partial charge in [0, 0.05) is 12.5 Å². The van der Waals surface area contributed by atoms with Crippen LogP contribution in [0.25, 0.3) is 0 Å². The van der Waals surface area contributed by atoms with Crippen LogP contribution in [0.1, 0.15) is 155 Å². The number of nitrogens with zero attached hydrogens (tertiary/aromatic N) is 1. The van der Waals surface area contributed by atoms with E-state index < -0.39 is 32.5 Å². The maximum absolute atomic E-state index is 12.5. The average Bonchev–Trinajstić information content (AvgIpc) is 3.09. The van der Waals surface area contributed by atoms with Gasteiger partial charge in [0.25, 0.3) is 0 Å². The molecule has 0 aromatic carbocycles. The molecule has 10 heteroatoms. The third kappa shape index (κ3) is 37.7. The Bertz CT molecular complexity index is 1030. The van der Waals surface area contributed by atoms with Crippen molar-refractivity contribution in [1.29, 1.82) is 0 Å². The van der Waals surface area contributed by atoms with Gasteiger partial charge >= 0.3 is 19.8 Å². The molecule has 0 bridgehead atoms. The fourth-order valence-corrected chi connectivity index (χ4v) is 6.04. The molecule has 52 heavy (non-hydrogen) atoms. The van der Waals surface area contributed by atoms with Crippen LogP contribution in [-0.4, -0.2) is 74.9 Å². The molecule has 1 N–H and O–H groups in total. The number of phosphoric acid groups is 1. The minimum atomic E-state index is -4.40. The first kappa shape index (κ1) is 50.0. The standard InChI is InChI=1S/C42H76NO8P/c1-6-8-10-12-14-16-18-20-21-23-25-27-29-31-33-35-42(45)51-40(39-50-52(46,47)49-37-36-43(3,4)5)38-48-41(44)34-32-30-28-26-24-22-19-17-15-13-11-9-7-2/h21,23,25,27,29,31,33,35,40H,6-20,22,24,26,28,30,32,34,36-39H2,1-5H3/p+1/b23-21+,27-25+,31-29?,35-33?/t40-/m1/s1. The van der Waals surface area contributed by atoms with Crippen LogP contribution in [0.4, 0.5) is 0 Å². The molecule has 0 aliphatic carbocycles. The van der Waals surface area contributed by atoms with Gasteiger partial charge in [-0.3, -0.25) is 13.8 Å². The number of esters is 2. The van der Waals surface area contributed by atoms with Crippen molar-refractivity contribution in [2.24, 2.45) is 0 Å². The monoisotopic (exact) mass is 755 g/mol. The highest BCUT2D eigenvalue weighted by Crippen LogP contribution is 2.43. The molecule has 0 aromatic heterocycles. The molecular formula is C42H77NO8P+. The summed E-state index contributed by atoms with van der Waals surface area (Å²) in [5, 5.41) is 0. The number of likely N-dealkylation sites (N-methyl/N-ethyl adjacent to an activating group) is 1. The third-order valence-electron chi connectivity index (χ3n) is 8.54. The lowest BCUT2D eigenvalue weighted by atomic mass is 10.0. The maximum atomic E-state index is 12.5. The molecule has 0 radical (unpaired) electrons. The second-order valence-corrected chi connectivity index (χ2v) is 16.3. The zero-order chi connectivity index (χ0) is 38.6. The first-order valence-electron chi connectivity index (χ1n) is 20.4. The number of rotatable bonds is 36. The predicted molar refractivity (Wildman–Crippen MR) is 215 cm³/mol. The number of unbranched alkanes of at least 4 members (excludes halogenated alkanes) is 19. The predicted octanol–water partition coefficient (Wildman–Crippen LogP) is 11.1. The van der Waals surface area contributed by atoms with E-state index in [4.69, 9.17) is 18.5 Å². The lowest BCUT2D eigenvalue weighted by molar-refractivity contribution is -0.870. The smallest absolute Gasteiger partial charge is 0.462 e. The summed E-state index contributed by atoms with van der Waals surface area (Å²) in [5.74, 6) is -1.10. The fraction of sp³-hybridized carbons (Fsp3) is 0.762. The van der Waals surface area contributed by atoms with E-state index in [2.05, 4.69) is 19.9 Å². The summed E-state index contributed by atoms with van der Waals surface area (Å²) in [5.41, 5.74) is 0. The Hall–Kier alpha value is -2.03. The van der Waals surface area contributed by atoms with Gasteiger partial charge in [0.1, 0.15) is 19.8 Å². The van der Waals surface area contributed by atoms with Gasteiger partial charge in [-0.05, 0) is 19.3 Å². The molecule has 302 valence electrons. The van der Waals surface area contributed by atoms with E-state index in [0.717, 1.165) is 25.7 Å². The van der Waals surface area contributed by atoms with Gasteiger partial charge in [-0.2, -0.15) is 0 Å². The van der Waals surface area contributed by atoms with Gasteiger partial charge in [0.2, 0.25) is 0 Å². The first-order valence-corrected chi connectivity index (χ1v) is 21.9. The first-order chi connectivity index (χ1) is 25.0. The van der Waals surface area contributed by atoms with Crippen LogP contribution in [0.15, 0.2) is 48.6 Å². The Morgan fingerprint density at radius 2 is 1.12 bits per heavy atom. The van der Waals surface area contributed by atoms with E-state index in [0.29, 0.717) is 11.0 Å². The molecule has 0 fully saturated rings. The Morgan fingerprint density at radius 1 is 0.635 bits per heavy atom. The van der Waals surface area contributed by atoms with Crippen LogP contribution in [-0.2, 0) is 32.7 Å². The Kier molecular flexibility index (Phi) is 33.4. The van der Waals surface area contributed by atoms with Crippen LogP contribution in [0.3, 0.4) is 0 Å². The summed E-state index contributed by atoms with van der Waals surface area (Å²) < 4.78 is 33.9. The van der Waals surface area contributed by atoms with Gasteiger partial charge in [-0.25, -0.2) is 9.36 Å². The quantitative estimate of drug-likeness (QED) is 0.0168.